The molecule has 2 fully saturated rings. The average molecular weight is 590 g/mol. The molecule has 10 heteroatoms. The fourth-order valence-corrected chi connectivity index (χ4v) is 10.2. The van der Waals surface area contributed by atoms with Gasteiger partial charge in [0.15, 0.2) is 13.9 Å². The zero-order valence-electron chi connectivity index (χ0n) is 24.5. The highest BCUT2D eigenvalue weighted by Crippen LogP contribution is 2.60. The Bertz CT molecular complexity index is 1460. The van der Waals surface area contributed by atoms with Crippen molar-refractivity contribution in [3.8, 4) is 0 Å². The molecule has 5 atom stereocenters. The Balaban J connectivity index is 1.37. The topological polar surface area (TPSA) is 111 Å². The number of benzene rings is 2. The van der Waals surface area contributed by atoms with E-state index >= 15 is 0 Å². The molecule has 2 aromatic rings. The highest BCUT2D eigenvalue weighted by atomic mass is 28.4. The van der Waals surface area contributed by atoms with Crippen LogP contribution in [-0.2, 0) is 37.7 Å². The van der Waals surface area contributed by atoms with Crippen LogP contribution < -0.4 is 9.80 Å². The van der Waals surface area contributed by atoms with Crippen molar-refractivity contribution in [1.82, 2.24) is 4.90 Å². The van der Waals surface area contributed by atoms with Gasteiger partial charge in [-0.25, -0.2) is 0 Å². The summed E-state index contributed by atoms with van der Waals surface area (Å²) in [5, 5.41) is 10.2. The van der Waals surface area contributed by atoms with Crippen LogP contribution in [0.3, 0.4) is 0 Å². The van der Waals surface area contributed by atoms with E-state index in [-0.39, 0.29) is 43.3 Å². The molecule has 9 nitrogen and oxygen atoms in total. The Morgan fingerprint density at radius 2 is 1.93 bits per heavy atom. The average Bonchev–Trinajstić information content (AvgIpc) is 3.37. The number of β-lactam (4-membered cyclic amide) rings is 1. The Morgan fingerprint density at radius 3 is 2.55 bits per heavy atom. The second kappa shape index (κ2) is 10.4. The summed E-state index contributed by atoms with van der Waals surface area (Å²) in [4.78, 5) is 57.2. The van der Waals surface area contributed by atoms with Crippen LogP contribution in [0.5, 0.6) is 0 Å². The molecule has 4 heterocycles. The SMILES string of the molecule is C=CCN1C(=O)[C@]2(O[C@H](CC(=O)N3Cc4ccccc4C[C@H]3CO)[C@@H]([Si](C)(C)O)[C@@H]2C)c2cc(N3CCC3=O)ccc21. The van der Waals surface area contributed by atoms with Crippen LogP contribution in [0.4, 0.5) is 11.4 Å². The number of amides is 3. The maximum absolute atomic E-state index is 14.3. The molecule has 1 spiro atoms. The number of nitrogens with zero attached hydrogens (tertiary/aromatic N) is 3. The Kier molecular flexibility index (Phi) is 7.16. The van der Waals surface area contributed by atoms with Gasteiger partial charge < -0.3 is 29.3 Å². The van der Waals surface area contributed by atoms with Crippen molar-refractivity contribution >= 4 is 37.4 Å². The van der Waals surface area contributed by atoms with Crippen LogP contribution in [0, 0.1) is 5.92 Å². The number of rotatable bonds is 7. The maximum Gasteiger partial charge on any atom is 0.264 e. The Labute approximate surface area is 247 Å². The van der Waals surface area contributed by atoms with Gasteiger partial charge in [-0.15, -0.1) is 6.58 Å². The van der Waals surface area contributed by atoms with Crippen molar-refractivity contribution in [3.05, 3.63) is 71.8 Å². The third kappa shape index (κ3) is 4.35. The molecule has 0 radical (unpaired) electrons. The van der Waals surface area contributed by atoms with E-state index in [4.69, 9.17) is 4.74 Å². The van der Waals surface area contributed by atoms with Gasteiger partial charge in [-0.3, -0.25) is 14.4 Å². The van der Waals surface area contributed by atoms with Gasteiger partial charge in [0, 0.05) is 48.8 Å². The van der Waals surface area contributed by atoms with E-state index in [0.717, 1.165) is 11.1 Å². The van der Waals surface area contributed by atoms with Crippen molar-refractivity contribution in [2.45, 2.75) is 69.1 Å². The number of carbonyl (C=O) groups excluding carboxylic acids is 3. The lowest BCUT2D eigenvalue weighted by Crippen LogP contribution is -2.48. The number of aliphatic hydroxyl groups excluding tert-OH is 1. The second-order valence-corrected chi connectivity index (χ2v) is 16.6. The number of hydrogen-bond acceptors (Lipinski definition) is 6. The van der Waals surface area contributed by atoms with E-state index in [1.54, 1.807) is 20.8 Å². The van der Waals surface area contributed by atoms with Gasteiger partial charge >= 0.3 is 0 Å². The van der Waals surface area contributed by atoms with Gasteiger partial charge in [-0.2, -0.15) is 0 Å². The van der Waals surface area contributed by atoms with Crippen LogP contribution in [-0.4, -0.2) is 72.7 Å². The number of carbonyl (C=O) groups is 3. The second-order valence-electron chi connectivity index (χ2n) is 12.6. The van der Waals surface area contributed by atoms with Crippen LogP contribution >= 0.6 is 0 Å². The lowest BCUT2D eigenvalue weighted by Gasteiger charge is -2.37. The molecule has 0 bridgehead atoms. The molecule has 0 saturated carbocycles. The van der Waals surface area contributed by atoms with E-state index in [9.17, 15) is 24.3 Å². The largest absolute Gasteiger partial charge is 0.432 e. The molecule has 4 aliphatic rings. The zero-order chi connectivity index (χ0) is 30.0. The summed E-state index contributed by atoms with van der Waals surface area (Å²) in [6, 6.07) is 13.2. The zero-order valence-corrected chi connectivity index (χ0v) is 25.5. The van der Waals surface area contributed by atoms with E-state index in [1.807, 2.05) is 62.5 Å². The quantitative estimate of drug-likeness (QED) is 0.292. The Hall–Kier alpha value is -3.31. The van der Waals surface area contributed by atoms with Gasteiger partial charge in [0.1, 0.15) is 0 Å². The monoisotopic (exact) mass is 589 g/mol. The minimum Gasteiger partial charge on any atom is -0.432 e. The molecule has 0 aliphatic carbocycles. The fourth-order valence-electron chi connectivity index (χ4n) is 7.66. The first-order valence-electron chi connectivity index (χ1n) is 14.8. The number of aliphatic hydroxyl groups is 1. The van der Waals surface area contributed by atoms with Crippen LogP contribution in [0.1, 0.15) is 36.5 Å². The van der Waals surface area contributed by atoms with Crippen molar-refractivity contribution in [2.24, 2.45) is 5.92 Å². The van der Waals surface area contributed by atoms with Crippen molar-refractivity contribution in [1.29, 1.82) is 0 Å². The van der Waals surface area contributed by atoms with Crippen LogP contribution in [0.25, 0.3) is 0 Å². The van der Waals surface area contributed by atoms with Crippen LogP contribution in [0.2, 0.25) is 18.6 Å². The van der Waals surface area contributed by atoms with E-state index < -0.39 is 31.5 Å². The molecule has 2 N–H and O–H groups in total. The smallest absolute Gasteiger partial charge is 0.264 e. The first kappa shape index (κ1) is 28.8. The molecule has 6 rings (SSSR count). The standard InChI is InChI=1S/C32H39N3O6Si/c1-5-13-34-26-11-10-23(33-14-12-28(33)37)16-25(26)32(31(34)39)20(2)30(42(3,4)40)27(41-32)17-29(38)35-18-22-9-7-6-8-21(22)15-24(35)19-36/h5-11,16,20,24,27,30,36,40H,1,12-15,17-19H2,2-4H3/t20-,24-,27+,30-,32+/m0/s1. The van der Waals surface area contributed by atoms with Gasteiger partial charge in [0.05, 0.1) is 30.9 Å². The van der Waals surface area contributed by atoms with Crippen molar-refractivity contribution in [2.75, 3.05) is 29.5 Å². The molecule has 2 saturated heterocycles. The summed E-state index contributed by atoms with van der Waals surface area (Å²) in [5.41, 5.74) is 2.42. The molecule has 0 unspecified atom stereocenters. The fraction of sp³-hybridized carbons (Fsp3) is 0.469. The summed E-state index contributed by atoms with van der Waals surface area (Å²) < 4.78 is 6.83. The first-order chi connectivity index (χ1) is 20.0. The predicted octanol–water partition coefficient (Wildman–Crippen LogP) is 3.09. The molecule has 2 aromatic carbocycles. The first-order valence-corrected chi connectivity index (χ1v) is 17.8. The van der Waals surface area contributed by atoms with Crippen LogP contribution in [0.15, 0.2) is 55.1 Å². The number of hydrogen-bond donors (Lipinski definition) is 2. The van der Waals surface area contributed by atoms with Gasteiger partial charge in [-0.1, -0.05) is 37.3 Å². The molecule has 0 aromatic heterocycles. The minimum absolute atomic E-state index is 0.0131. The third-order valence-corrected chi connectivity index (χ3v) is 12.2. The third-order valence-electron chi connectivity index (χ3n) is 9.70. The molecule has 42 heavy (non-hydrogen) atoms. The predicted molar refractivity (Wildman–Crippen MR) is 161 cm³/mol. The normalized spacial score (nSPS) is 28.6. The molecular weight excluding hydrogens is 550 g/mol. The Morgan fingerprint density at radius 1 is 1.19 bits per heavy atom. The van der Waals surface area contributed by atoms with Crippen molar-refractivity contribution in [3.63, 3.8) is 0 Å². The summed E-state index contributed by atoms with van der Waals surface area (Å²) in [6.45, 7) is 10.6. The summed E-state index contributed by atoms with van der Waals surface area (Å²) >= 11 is 0. The maximum atomic E-state index is 14.3. The highest BCUT2D eigenvalue weighted by molar-refractivity contribution is 6.71. The molecule has 4 aliphatic heterocycles. The minimum atomic E-state index is -2.98. The molecule has 3 amide bonds. The van der Waals surface area contributed by atoms with E-state index in [2.05, 4.69) is 6.58 Å². The summed E-state index contributed by atoms with van der Waals surface area (Å²) in [7, 11) is -2.98. The number of anilines is 2. The van der Waals surface area contributed by atoms with Crippen molar-refractivity contribution < 1.29 is 29.0 Å². The van der Waals surface area contributed by atoms with Gasteiger partial charge in [0.2, 0.25) is 11.8 Å². The lowest BCUT2D eigenvalue weighted by molar-refractivity contribution is -0.150. The summed E-state index contributed by atoms with van der Waals surface area (Å²) in [5.74, 6) is -0.811. The number of ether oxygens (including phenoxy) is 1. The molecule has 222 valence electrons. The number of fused-ring (bicyclic) bond motifs is 3. The van der Waals surface area contributed by atoms with Gasteiger partial charge in [-0.05, 0) is 48.8 Å². The van der Waals surface area contributed by atoms with E-state index in [0.29, 0.717) is 42.9 Å². The van der Waals surface area contributed by atoms with E-state index in [1.165, 1.54) is 0 Å². The molecular formula is C32H39N3O6Si. The highest BCUT2D eigenvalue weighted by Gasteiger charge is 2.66. The summed E-state index contributed by atoms with van der Waals surface area (Å²) in [6.07, 6.45) is 2.00. The lowest BCUT2D eigenvalue weighted by atomic mass is 9.82. The van der Waals surface area contributed by atoms with Gasteiger partial charge in [0.25, 0.3) is 5.91 Å².